The summed E-state index contributed by atoms with van der Waals surface area (Å²) in [5.74, 6) is -0.193. The highest BCUT2D eigenvalue weighted by atomic mass is 16.2. The molecule has 88 valence electrons. The molecule has 0 aromatic rings. The van der Waals surface area contributed by atoms with Gasteiger partial charge in [-0.1, -0.05) is 0 Å². The van der Waals surface area contributed by atoms with E-state index in [0.29, 0.717) is 0 Å². The minimum absolute atomic E-state index is 0.00414. The molecule has 15 heavy (non-hydrogen) atoms. The van der Waals surface area contributed by atoms with E-state index in [4.69, 9.17) is 0 Å². The third kappa shape index (κ3) is 9.05. The van der Waals surface area contributed by atoms with Gasteiger partial charge in [0, 0.05) is 11.6 Å². The molecule has 0 saturated carbocycles. The molecule has 0 atom stereocenters. The molecule has 0 heterocycles. The maximum Gasteiger partial charge on any atom is 0.315 e. The van der Waals surface area contributed by atoms with Crippen molar-refractivity contribution in [2.75, 3.05) is 6.54 Å². The van der Waals surface area contributed by atoms with E-state index in [0.717, 1.165) is 0 Å². The molecule has 0 aromatic carbocycles. The zero-order valence-electron chi connectivity index (χ0n) is 10.1. The third-order valence-corrected chi connectivity index (χ3v) is 1.34. The van der Waals surface area contributed by atoms with Crippen molar-refractivity contribution in [1.29, 1.82) is 0 Å². The van der Waals surface area contributed by atoms with Crippen LogP contribution in [0.1, 0.15) is 34.6 Å². The Morgan fingerprint density at radius 2 is 1.73 bits per heavy atom. The van der Waals surface area contributed by atoms with Crippen LogP contribution in [0.5, 0.6) is 0 Å². The first-order valence-corrected chi connectivity index (χ1v) is 5.06. The van der Waals surface area contributed by atoms with E-state index in [1.165, 1.54) is 0 Å². The second-order valence-corrected chi connectivity index (χ2v) is 4.78. The molecule has 0 bridgehead atoms. The molecule has 0 spiro atoms. The summed E-state index contributed by atoms with van der Waals surface area (Å²) in [7, 11) is 0. The Balaban J connectivity index is 3.77. The first-order chi connectivity index (χ1) is 6.70. The monoisotopic (exact) mass is 215 g/mol. The molecule has 0 aliphatic rings. The average Bonchev–Trinajstić information content (AvgIpc) is 1.96. The van der Waals surface area contributed by atoms with E-state index in [2.05, 4.69) is 16.0 Å². The van der Waals surface area contributed by atoms with Crippen LogP contribution in [-0.4, -0.2) is 30.1 Å². The predicted molar refractivity (Wildman–Crippen MR) is 59.6 cm³/mol. The molecule has 0 saturated heterocycles. The summed E-state index contributed by atoms with van der Waals surface area (Å²) in [6.07, 6.45) is 0. The zero-order valence-corrected chi connectivity index (χ0v) is 10.1. The fourth-order valence-electron chi connectivity index (χ4n) is 0.936. The number of hydrogen-bond donors (Lipinski definition) is 3. The SMILES string of the molecule is CC(C)NC(=O)NCC(=O)NC(C)(C)C. The number of amides is 3. The number of urea groups is 1. The second kappa shape index (κ2) is 5.58. The molecule has 0 rings (SSSR count). The molecule has 0 aliphatic carbocycles. The maximum atomic E-state index is 11.3. The largest absolute Gasteiger partial charge is 0.350 e. The lowest BCUT2D eigenvalue weighted by Crippen LogP contribution is -2.48. The van der Waals surface area contributed by atoms with Gasteiger partial charge in [0.15, 0.2) is 0 Å². The quantitative estimate of drug-likeness (QED) is 0.645. The first-order valence-electron chi connectivity index (χ1n) is 5.06. The van der Waals surface area contributed by atoms with Crippen LogP contribution >= 0.6 is 0 Å². The van der Waals surface area contributed by atoms with Crippen molar-refractivity contribution in [3.8, 4) is 0 Å². The Labute approximate surface area is 91.0 Å². The predicted octanol–water partition coefficient (Wildman–Crippen LogP) is 0.609. The van der Waals surface area contributed by atoms with Crippen molar-refractivity contribution in [1.82, 2.24) is 16.0 Å². The maximum absolute atomic E-state index is 11.3. The number of nitrogens with one attached hydrogen (secondary N) is 3. The molecule has 0 fully saturated rings. The van der Waals surface area contributed by atoms with Gasteiger partial charge in [0.2, 0.25) is 5.91 Å². The fraction of sp³-hybridized carbons (Fsp3) is 0.800. The highest BCUT2D eigenvalue weighted by molar-refractivity contribution is 5.84. The van der Waals surface area contributed by atoms with Crippen LogP contribution in [0.3, 0.4) is 0 Å². The van der Waals surface area contributed by atoms with Gasteiger partial charge in [-0.3, -0.25) is 4.79 Å². The lowest BCUT2D eigenvalue weighted by Gasteiger charge is -2.20. The molecular formula is C10H21N3O2. The Morgan fingerprint density at radius 1 is 1.20 bits per heavy atom. The number of carbonyl (C=O) groups excluding carboxylic acids is 2. The summed E-state index contributed by atoms with van der Waals surface area (Å²) in [4.78, 5) is 22.4. The second-order valence-electron chi connectivity index (χ2n) is 4.78. The zero-order chi connectivity index (χ0) is 12.1. The normalized spacial score (nSPS) is 11.1. The van der Waals surface area contributed by atoms with Gasteiger partial charge in [0.05, 0.1) is 6.54 Å². The molecule has 5 nitrogen and oxygen atoms in total. The average molecular weight is 215 g/mol. The van der Waals surface area contributed by atoms with E-state index in [1.54, 1.807) is 0 Å². The standard InChI is InChI=1S/C10H21N3O2/c1-7(2)12-9(15)11-6-8(14)13-10(3,4)5/h7H,6H2,1-5H3,(H,13,14)(H2,11,12,15). The highest BCUT2D eigenvalue weighted by Crippen LogP contribution is 1.96. The summed E-state index contributed by atoms with van der Waals surface area (Å²) in [6.45, 7) is 9.37. The highest BCUT2D eigenvalue weighted by Gasteiger charge is 2.14. The van der Waals surface area contributed by atoms with Crippen molar-refractivity contribution in [3.05, 3.63) is 0 Å². The van der Waals surface area contributed by atoms with Gasteiger partial charge >= 0.3 is 6.03 Å². The lowest BCUT2D eigenvalue weighted by molar-refractivity contribution is -0.121. The van der Waals surface area contributed by atoms with Crippen LogP contribution in [0.2, 0.25) is 0 Å². The molecule has 5 heteroatoms. The summed E-state index contributed by atoms with van der Waals surface area (Å²) >= 11 is 0. The smallest absolute Gasteiger partial charge is 0.315 e. The summed E-state index contributed by atoms with van der Waals surface area (Å²) in [6, 6.07) is -0.260. The Kier molecular flexibility index (Phi) is 5.11. The Bertz CT molecular complexity index is 231. The van der Waals surface area contributed by atoms with Gasteiger partial charge in [0.1, 0.15) is 0 Å². The van der Waals surface area contributed by atoms with Gasteiger partial charge in [0.25, 0.3) is 0 Å². The van der Waals surface area contributed by atoms with Crippen LogP contribution in [0, 0.1) is 0 Å². The molecule has 3 amide bonds. The van der Waals surface area contributed by atoms with Crippen LogP contribution < -0.4 is 16.0 Å². The molecule has 0 aliphatic heterocycles. The van der Waals surface area contributed by atoms with E-state index >= 15 is 0 Å². The van der Waals surface area contributed by atoms with Gasteiger partial charge in [-0.15, -0.1) is 0 Å². The Hall–Kier alpha value is -1.26. The van der Waals surface area contributed by atoms with Crippen LogP contribution in [-0.2, 0) is 4.79 Å². The van der Waals surface area contributed by atoms with Crippen molar-refractivity contribution in [3.63, 3.8) is 0 Å². The van der Waals surface area contributed by atoms with Crippen molar-refractivity contribution in [2.45, 2.75) is 46.2 Å². The molecule has 3 N–H and O–H groups in total. The van der Waals surface area contributed by atoms with Crippen molar-refractivity contribution >= 4 is 11.9 Å². The summed E-state index contributed by atoms with van der Waals surface area (Å²) < 4.78 is 0. The van der Waals surface area contributed by atoms with Crippen LogP contribution in [0.25, 0.3) is 0 Å². The number of rotatable bonds is 3. The van der Waals surface area contributed by atoms with E-state index in [-0.39, 0.29) is 30.1 Å². The van der Waals surface area contributed by atoms with Gasteiger partial charge < -0.3 is 16.0 Å². The molecule has 0 radical (unpaired) electrons. The minimum Gasteiger partial charge on any atom is -0.350 e. The van der Waals surface area contributed by atoms with Crippen LogP contribution in [0.4, 0.5) is 4.79 Å². The third-order valence-electron chi connectivity index (χ3n) is 1.34. The number of carbonyl (C=O) groups is 2. The van der Waals surface area contributed by atoms with E-state index < -0.39 is 0 Å². The minimum atomic E-state index is -0.325. The fourth-order valence-corrected chi connectivity index (χ4v) is 0.936. The first kappa shape index (κ1) is 13.7. The van der Waals surface area contributed by atoms with Crippen LogP contribution in [0.15, 0.2) is 0 Å². The topological polar surface area (TPSA) is 70.2 Å². The molecule has 0 unspecified atom stereocenters. The van der Waals surface area contributed by atoms with Crippen molar-refractivity contribution < 1.29 is 9.59 Å². The van der Waals surface area contributed by atoms with Gasteiger partial charge in [-0.05, 0) is 34.6 Å². The van der Waals surface area contributed by atoms with E-state index in [9.17, 15) is 9.59 Å². The van der Waals surface area contributed by atoms with Crippen molar-refractivity contribution in [2.24, 2.45) is 0 Å². The van der Waals surface area contributed by atoms with Gasteiger partial charge in [-0.25, -0.2) is 4.79 Å². The Morgan fingerprint density at radius 3 is 2.13 bits per heavy atom. The lowest BCUT2D eigenvalue weighted by atomic mass is 10.1. The summed E-state index contributed by atoms with van der Waals surface area (Å²) in [5, 5.41) is 7.85. The molecular weight excluding hydrogens is 194 g/mol. The summed E-state index contributed by atoms with van der Waals surface area (Å²) in [5.41, 5.74) is -0.271. The number of hydrogen-bond acceptors (Lipinski definition) is 2. The molecule has 0 aromatic heterocycles. The van der Waals surface area contributed by atoms with Gasteiger partial charge in [-0.2, -0.15) is 0 Å². The van der Waals surface area contributed by atoms with E-state index in [1.807, 2.05) is 34.6 Å².